The van der Waals surface area contributed by atoms with Crippen molar-refractivity contribution >= 4 is 11.9 Å². The standard InChI is InChI=1S/C23H24N2O4/c1-16(18-11-10-17-6-2-3-7-19(17)12-18)25-22(26)14-29-23(27)15-28-21-9-5-4-8-20(21)13-24/h4-5,8-12,16H,2-3,6-7,14-15H2,1H3,(H,25,26)/t16-/m0/s1. The van der Waals surface area contributed by atoms with Gasteiger partial charge in [0.2, 0.25) is 0 Å². The predicted molar refractivity (Wildman–Crippen MR) is 107 cm³/mol. The fourth-order valence-electron chi connectivity index (χ4n) is 3.40. The number of esters is 1. The van der Waals surface area contributed by atoms with Crippen LogP contribution in [0.5, 0.6) is 5.75 Å². The van der Waals surface area contributed by atoms with E-state index in [1.165, 1.54) is 24.0 Å². The summed E-state index contributed by atoms with van der Waals surface area (Å²) in [7, 11) is 0. The maximum atomic E-state index is 12.1. The summed E-state index contributed by atoms with van der Waals surface area (Å²) in [4.78, 5) is 23.9. The highest BCUT2D eigenvalue weighted by Crippen LogP contribution is 2.24. The van der Waals surface area contributed by atoms with Gasteiger partial charge in [-0.05, 0) is 61.4 Å². The van der Waals surface area contributed by atoms with E-state index < -0.39 is 5.97 Å². The van der Waals surface area contributed by atoms with Gasteiger partial charge >= 0.3 is 5.97 Å². The van der Waals surface area contributed by atoms with Gasteiger partial charge in [0, 0.05) is 0 Å². The van der Waals surface area contributed by atoms with Crippen molar-refractivity contribution in [3.8, 4) is 11.8 Å². The molecule has 0 saturated carbocycles. The highest BCUT2D eigenvalue weighted by atomic mass is 16.6. The Bertz CT molecular complexity index is 933. The Kier molecular flexibility index (Phi) is 6.85. The van der Waals surface area contributed by atoms with E-state index in [2.05, 4.69) is 17.4 Å². The largest absolute Gasteiger partial charge is 0.481 e. The second kappa shape index (κ2) is 9.74. The number of nitriles is 1. The minimum atomic E-state index is -0.672. The topological polar surface area (TPSA) is 88.4 Å². The number of amides is 1. The Morgan fingerprint density at radius 1 is 1.10 bits per heavy atom. The van der Waals surface area contributed by atoms with Gasteiger partial charge in [-0.25, -0.2) is 4.79 Å². The van der Waals surface area contributed by atoms with Gasteiger partial charge in [-0.1, -0.05) is 30.3 Å². The molecule has 0 bridgehead atoms. The number of nitrogens with one attached hydrogen (secondary N) is 1. The van der Waals surface area contributed by atoms with E-state index in [4.69, 9.17) is 14.7 Å². The van der Waals surface area contributed by atoms with Crippen molar-refractivity contribution < 1.29 is 19.1 Å². The van der Waals surface area contributed by atoms with E-state index in [-0.39, 0.29) is 25.2 Å². The summed E-state index contributed by atoms with van der Waals surface area (Å²) >= 11 is 0. The number of ether oxygens (including phenoxy) is 2. The van der Waals surface area contributed by atoms with Gasteiger partial charge in [0.05, 0.1) is 11.6 Å². The minimum absolute atomic E-state index is 0.174. The molecule has 2 aromatic rings. The summed E-state index contributed by atoms with van der Waals surface area (Å²) in [6, 6.07) is 14.8. The molecule has 1 atom stereocenters. The Labute approximate surface area is 170 Å². The van der Waals surface area contributed by atoms with Crippen molar-refractivity contribution in [1.29, 1.82) is 5.26 Å². The third kappa shape index (κ3) is 5.58. The van der Waals surface area contributed by atoms with Gasteiger partial charge in [0.1, 0.15) is 11.8 Å². The number of benzene rings is 2. The molecule has 150 valence electrons. The van der Waals surface area contributed by atoms with Gasteiger partial charge < -0.3 is 14.8 Å². The second-order valence-corrected chi connectivity index (χ2v) is 7.08. The fraction of sp³-hybridized carbons (Fsp3) is 0.348. The number of nitrogens with zero attached hydrogens (tertiary/aromatic N) is 1. The Hall–Kier alpha value is -3.33. The zero-order valence-corrected chi connectivity index (χ0v) is 16.4. The van der Waals surface area contributed by atoms with Crippen LogP contribution in [0.2, 0.25) is 0 Å². The molecule has 0 aliphatic heterocycles. The number of fused-ring (bicyclic) bond motifs is 1. The molecule has 0 spiro atoms. The summed E-state index contributed by atoms with van der Waals surface area (Å²) in [6.45, 7) is 1.16. The molecular weight excluding hydrogens is 368 g/mol. The van der Waals surface area contributed by atoms with Crippen molar-refractivity contribution in [1.82, 2.24) is 5.32 Å². The van der Waals surface area contributed by atoms with Crippen LogP contribution in [0, 0.1) is 11.3 Å². The van der Waals surface area contributed by atoms with Crippen LogP contribution in [-0.4, -0.2) is 25.1 Å². The zero-order valence-electron chi connectivity index (χ0n) is 16.4. The van der Waals surface area contributed by atoms with Gasteiger partial charge in [-0.15, -0.1) is 0 Å². The zero-order chi connectivity index (χ0) is 20.6. The molecule has 2 aromatic carbocycles. The lowest BCUT2D eigenvalue weighted by Gasteiger charge is -2.20. The number of rotatable bonds is 7. The first-order valence-corrected chi connectivity index (χ1v) is 9.75. The van der Waals surface area contributed by atoms with Crippen LogP contribution in [0.25, 0.3) is 0 Å². The normalized spacial score (nSPS) is 13.5. The van der Waals surface area contributed by atoms with Crippen molar-refractivity contribution in [2.75, 3.05) is 13.2 Å². The lowest BCUT2D eigenvalue weighted by Crippen LogP contribution is -2.32. The molecule has 1 aliphatic rings. The van der Waals surface area contributed by atoms with E-state index >= 15 is 0 Å². The minimum Gasteiger partial charge on any atom is -0.481 e. The summed E-state index contributed by atoms with van der Waals surface area (Å²) in [5.41, 5.74) is 4.13. The molecule has 0 heterocycles. The molecule has 0 unspecified atom stereocenters. The summed E-state index contributed by atoms with van der Waals surface area (Å²) in [5.74, 6) is -0.743. The highest BCUT2D eigenvalue weighted by molar-refractivity contribution is 5.81. The van der Waals surface area contributed by atoms with Gasteiger partial charge in [0.25, 0.3) is 5.91 Å². The van der Waals surface area contributed by atoms with Crippen molar-refractivity contribution in [2.45, 2.75) is 38.6 Å². The number of hydrogen-bond donors (Lipinski definition) is 1. The number of carbonyl (C=O) groups is 2. The van der Waals surface area contributed by atoms with E-state index in [0.717, 1.165) is 18.4 Å². The molecule has 29 heavy (non-hydrogen) atoms. The van der Waals surface area contributed by atoms with Crippen molar-refractivity contribution in [2.24, 2.45) is 0 Å². The van der Waals surface area contributed by atoms with Crippen LogP contribution >= 0.6 is 0 Å². The van der Waals surface area contributed by atoms with E-state index in [1.807, 2.05) is 19.1 Å². The van der Waals surface area contributed by atoms with Gasteiger partial charge in [0.15, 0.2) is 13.2 Å². The molecule has 0 aromatic heterocycles. The molecule has 6 nitrogen and oxygen atoms in total. The smallest absolute Gasteiger partial charge is 0.344 e. The maximum absolute atomic E-state index is 12.1. The average Bonchev–Trinajstić information content (AvgIpc) is 2.76. The monoisotopic (exact) mass is 392 g/mol. The molecular formula is C23H24N2O4. The number of para-hydroxylation sites is 1. The lowest BCUT2D eigenvalue weighted by molar-refractivity contribution is -0.150. The molecule has 1 N–H and O–H groups in total. The molecule has 1 amide bonds. The van der Waals surface area contributed by atoms with Crippen LogP contribution in [0.4, 0.5) is 0 Å². The van der Waals surface area contributed by atoms with Gasteiger partial charge in [-0.3, -0.25) is 4.79 Å². The summed E-state index contributed by atoms with van der Waals surface area (Å²) < 4.78 is 10.3. The summed E-state index contributed by atoms with van der Waals surface area (Å²) in [5, 5.41) is 11.9. The quantitative estimate of drug-likeness (QED) is 0.731. The first kappa shape index (κ1) is 20.4. The van der Waals surface area contributed by atoms with Crippen LogP contribution in [0.3, 0.4) is 0 Å². The molecule has 1 aliphatic carbocycles. The molecule has 3 rings (SSSR count). The number of hydrogen-bond acceptors (Lipinski definition) is 5. The third-order valence-corrected chi connectivity index (χ3v) is 4.97. The third-order valence-electron chi connectivity index (χ3n) is 4.97. The Morgan fingerprint density at radius 2 is 1.86 bits per heavy atom. The van der Waals surface area contributed by atoms with Crippen LogP contribution in [0.15, 0.2) is 42.5 Å². The van der Waals surface area contributed by atoms with Crippen LogP contribution < -0.4 is 10.1 Å². The fourth-order valence-corrected chi connectivity index (χ4v) is 3.40. The van der Waals surface area contributed by atoms with Crippen LogP contribution in [-0.2, 0) is 27.2 Å². The number of aryl methyl sites for hydroxylation is 2. The molecule has 0 fully saturated rings. The highest BCUT2D eigenvalue weighted by Gasteiger charge is 2.15. The maximum Gasteiger partial charge on any atom is 0.344 e. The average molecular weight is 392 g/mol. The SMILES string of the molecule is C[C@H](NC(=O)COC(=O)COc1ccccc1C#N)c1ccc2c(c1)CCCC2. The van der Waals surface area contributed by atoms with Gasteiger partial charge in [-0.2, -0.15) is 5.26 Å². The first-order chi connectivity index (χ1) is 14.1. The van der Waals surface area contributed by atoms with Crippen molar-refractivity contribution in [3.05, 3.63) is 64.7 Å². The first-order valence-electron chi connectivity index (χ1n) is 9.75. The molecule has 6 heteroatoms. The van der Waals surface area contributed by atoms with E-state index in [1.54, 1.807) is 24.3 Å². The second-order valence-electron chi connectivity index (χ2n) is 7.08. The number of carbonyl (C=O) groups excluding carboxylic acids is 2. The Morgan fingerprint density at radius 3 is 2.66 bits per heavy atom. The van der Waals surface area contributed by atoms with E-state index in [0.29, 0.717) is 11.3 Å². The summed E-state index contributed by atoms with van der Waals surface area (Å²) in [6.07, 6.45) is 4.63. The van der Waals surface area contributed by atoms with Crippen LogP contribution in [0.1, 0.15) is 48.1 Å². The molecule has 0 saturated heterocycles. The molecule has 0 radical (unpaired) electrons. The van der Waals surface area contributed by atoms with Crippen molar-refractivity contribution in [3.63, 3.8) is 0 Å². The van der Waals surface area contributed by atoms with E-state index in [9.17, 15) is 9.59 Å². The Balaban J connectivity index is 1.44. The lowest BCUT2D eigenvalue weighted by atomic mass is 9.89. The predicted octanol–water partition coefficient (Wildman–Crippen LogP) is 3.24.